The van der Waals surface area contributed by atoms with Gasteiger partial charge in [0, 0.05) is 6.04 Å². The number of hydrogen-bond donors (Lipinski definition) is 2. The molecule has 1 saturated carbocycles. The lowest BCUT2D eigenvalue weighted by Gasteiger charge is -2.20. The van der Waals surface area contributed by atoms with E-state index in [4.69, 9.17) is 5.73 Å². The summed E-state index contributed by atoms with van der Waals surface area (Å²) in [4.78, 5) is 0. The third-order valence-electron chi connectivity index (χ3n) is 3.46. The summed E-state index contributed by atoms with van der Waals surface area (Å²) in [5, 5.41) is 3.68. The molecule has 0 saturated heterocycles. The van der Waals surface area contributed by atoms with E-state index in [1.807, 2.05) is 0 Å². The molecule has 1 fully saturated rings. The van der Waals surface area contributed by atoms with E-state index in [2.05, 4.69) is 12.2 Å². The Morgan fingerprint density at radius 2 is 1.86 bits per heavy atom. The quantitative estimate of drug-likeness (QED) is 0.665. The van der Waals surface area contributed by atoms with E-state index in [9.17, 15) is 0 Å². The maximum Gasteiger partial charge on any atom is 0.00671 e. The van der Waals surface area contributed by atoms with Gasteiger partial charge in [0.25, 0.3) is 0 Å². The lowest BCUT2D eigenvalue weighted by molar-refractivity contribution is 0.396. The van der Waals surface area contributed by atoms with E-state index in [0.29, 0.717) is 5.92 Å². The Hall–Kier alpha value is -0.0800. The average Bonchev–Trinajstić information content (AvgIpc) is 2.48. The standard InChI is InChI=1S/C12H26N2/c1-2-11(9-13)10-14-12-7-5-3-4-6-8-12/h11-12,14H,2-10,13H2,1H3. The first-order valence-electron chi connectivity index (χ1n) is 6.30. The summed E-state index contributed by atoms with van der Waals surface area (Å²) >= 11 is 0. The van der Waals surface area contributed by atoms with Crippen molar-refractivity contribution in [1.29, 1.82) is 0 Å². The first-order valence-corrected chi connectivity index (χ1v) is 6.30. The monoisotopic (exact) mass is 198 g/mol. The lowest BCUT2D eigenvalue weighted by atomic mass is 10.0. The Morgan fingerprint density at radius 1 is 1.21 bits per heavy atom. The van der Waals surface area contributed by atoms with Crippen molar-refractivity contribution in [3.05, 3.63) is 0 Å². The van der Waals surface area contributed by atoms with Gasteiger partial charge in [-0.1, -0.05) is 39.0 Å². The van der Waals surface area contributed by atoms with Gasteiger partial charge in [0.15, 0.2) is 0 Å². The van der Waals surface area contributed by atoms with Gasteiger partial charge in [-0.05, 0) is 31.8 Å². The largest absolute Gasteiger partial charge is 0.330 e. The minimum atomic E-state index is 0.679. The highest BCUT2D eigenvalue weighted by Gasteiger charge is 2.12. The molecule has 1 aliphatic carbocycles. The van der Waals surface area contributed by atoms with E-state index in [-0.39, 0.29) is 0 Å². The molecule has 1 aliphatic rings. The number of hydrogen-bond acceptors (Lipinski definition) is 2. The van der Waals surface area contributed by atoms with Gasteiger partial charge in [-0.25, -0.2) is 0 Å². The van der Waals surface area contributed by atoms with Crippen LogP contribution in [-0.4, -0.2) is 19.1 Å². The molecule has 0 aliphatic heterocycles. The normalized spacial score (nSPS) is 21.9. The molecule has 0 bridgehead atoms. The summed E-state index contributed by atoms with van der Waals surface area (Å²) in [6.07, 6.45) is 9.66. The molecule has 0 aromatic rings. The first kappa shape index (κ1) is 12.0. The molecular weight excluding hydrogens is 172 g/mol. The molecule has 2 heteroatoms. The fourth-order valence-corrected chi connectivity index (χ4v) is 2.21. The highest BCUT2D eigenvalue weighted by atomic mass is 14.9. The molecule has 0 heterocycles. The molecule has 0 spiro atoms. The summed E-state index contributed by atoms with van der Waals surface area (Å²) < 4.78 is 0. The molecule has 1 atom stereocenters. The van der Waals surface area contributed by atoms with Crippen molar-refractivity contribution in [1.82, 2.24) is 5.32 Å². The van der Waals surface area contributed by atoms with E-state index < -0.39 is 0 Å². The van der Waals surface area contributed by atoms with Gasteiger partial charge in [-0.2, -0.15) is 0 Å². The predicted molar refractivity (Wildman–Crippen MR) is 62.3 cm³/mol. The van der Waals surface area contributed by atoms with Crippen LogP contribution in [0, 0.1) is 5.92 Å². The fourth-order valence-electron chi connectivity index (χ4n) is 2.21. The van der Waals surface area contributed by atoms with Crippen molar-refractivity contribution in [2.75, 3.05) is 13.1 Å². The highest BCUT2D eigenvalue weighted by molar-refractivity contribution is 4.72. The zero-order valence-corrected chi connectivity index (χ0v) is 9.60. The summed E-state index contributed by atoms with van der Waals surface area (Å²) in [5.41, 5.74) is 5.69. The molecule has 0 aromatic carbocycles. The third-order valence-corrected chi connectivity index (χ3v) is 3.46. The smallest absolute Gasteiger partial charge is 0.00671 e. The Morgan fingerprint density at radius 3 is 2.36 bits per heavy atom. The number of nitrogens with two attached hydrogens (primary N) is 1. The first-order chi connectivity index (χ1) is 6.86. The molecular formula is C12H26N2. The SMILES string of the molecule is CCC(CN)CNC1CCCCCC1. The average molecular weight is 198 g/mol. The molecule has 14 heavy (non-hydrogen) atoms. The highest BCUT2D eigenvalue weighted by Crippen LogP contribution is 2.17. The lowest BCUT2D eigenvalue weighted by Crippen LogP contribution is -2.35. The van der Waals surface area contributed by atoms with E-state index in [1.165, 1.54) is 44.9 Å². The van der Waals surface area contributed by atoms with Crippen LogP contribution in [0.25, 0.3) is 0 Å². The van der Waals surface area contributed by atoms with Crippen LogP contribution in [0.4, 0.5) is 0 Å². The Bertz CT molecular complexity index is 124. The second kappa shape index (κ2) is 7.24. The van der Waals surface area contributed by atoms with E-state index >= 15 is 0 Å². The minimum absolute atomic E-state index is 0.679. The van der Waals surface area contributed by atoms with Gasteiger partial charge >= 0.3 is 0 Å². The van der Waals surface area contributed by atoms with Crippen LogP contribution in [0.5, 0.6) is 0 Å². The molecule has 0 aromatic heterocycles. The number of rotatable bonds is 5. The summed E-state index contributed by atoms with van der Waals surface area (Å²) in [5.74, 6) is 0.679. The van der Waals surface area contributed by atoms with Gasteiger partial charge in [0.1, 0.15) is 0 Å². The van der Waals surface area contributed by atoms with Crippen molar-refractivity contribution in [2.45, 2.75) is 57.9 Å². The summed E-state index contributed by atoms with van der Waals surface area (Å²) in [6, 6.07) is 0.776. The van der Waals surface area contributed by atoms with Crippen LogP contribution in [-0.2, 0) is 0 Å². The number of nitrogens with one attached hydrogen (secondary N) is 1. The zero-order valence-electron chi connectivity index (χ0n) is 9.60. The maximum absolute atomic E-state index is 5.69. The molecule has 84 valence electrons. The second-order valence-corrected chi connectivity index (χ2v) is 4.61. The maximum atomic E-state index is 5.69. The topological polar surface area (TPSA) is 38.0 Å². The van der Waals surface area contributed by atoms with Crippen molar-refractivity contribution < 1.29 is 0 Å². The second-order valence-electron chi connectivity index (χ2n) is 4.61. The van der Waals surface area contributed by atoms with E-state index in [1.54, 1.807) is 0 Å². The van der Waals surface area contributed by atoms with Gasteiger partial charge in [0.05, 0.1) is 0 Å². The van der Waals surface area contributed by atoms with Crippen LogP contribution in [0.1, 0.15) is 51.9 Å². The minimum Gasteiger partial charge on any atom is -0.330 e. The predicted octanol–water partition coefficient (Wildman–Crippen LogP) is 2.28. The molecule has 0 radical (unpaired) electrons. The van der Waals surface area contributed by atoms with Crippen LogP contribution in [0.15, 0.2) is 0 Å². The van der Waals surface area contributed by atoms with Crippen LogP contribution < -0.4 is 11.1 Å². The van der Waals surface area contributed by atoms with Crippen molar-refractivity contribution in [3.8, 4) is 0 Å². The Kier molecular flexibility index (Phi) is 6.20. The molecule has 0 amide bonds. The van der Waals surface area contributed by atoms with Gasteiger partial charge in [-0.3, -0.25) is 0 Å². The molecule has 1 rings (SSSR count). The van der Waals surface area contributed by atoms with Crippen molar-refractivity contribution in [2.24, 2.45) is 11.7 Å². The molecule has 2 nitrogen and oxygen atoms in total. The third kappa shape index (κ3) is 4.43. The molecule has 1 unspecified atom stereocenters. The summed E-state index contributed by atoms with van der Waals surface area (Å²) in [6.45, 7) is 4.18. The molecule has 3 N–H and O–H groups in total. The van der Waals surface area contributed by atoms with Gasteiger partial charge in [0.2, 0.25) is 0 Å². The van der Waals surface area contributed by atoms with Crippen molar-refractivity contribution >= 4 is 0 Å². The Balaban J connectivity index is 2.14. The van der Waals surface area contributed by atoms with Crippen LogP contribution in [0.3, 0.4) is 0 Å². The zero-order chi connectivity index (χ0) is 10.2. The Labute approximate surface area is 88.6 Å². The summed E-state index contributed by atoms with van der Waals surface area (Å²) in [7, 11) is 0. The van der Waals surface area contributed by atoms with Crippen LogP contribution in [0.2, 0.25) is 0 Å². The van der Waals surface area contributed by atoms with Crippen LogP contribution >= 0.6 is 0 Å². The van der Waals surface area contributed by atoms with Gasteiger partial charge in [-0.15, -0.1) is 0 Å². The van der Waals surface area contributed by atoms with E-state index in [0.717, 1.165) is 19.1 Å². The fraction of sp³-hybridized carbons (Fsp3) is 1.00. The van der Waals surface area contributed by atoms with Gasteiger partial charge < -0.3 is 11.1 Å². The van der Waals surface area contributed by atoms with Crippen molar-refractivity contribution in [3.63, 3.8) is 0 Å².